The van der Waals surface area contributed by atoms with Crippen molar-refractivity contribution >= 4 is 23.0 Å². The first kappa shape index (κ1) is 13.7. The van der Waals surface area contributed by atoms with Crippen LogP contribution >= 0.6 is 0 Å². The summed E-state index contributed by atoms with van der Waals surface area (Å²) in [4.78, 5) is 11.0. The summed E-state index contributed by atoms with van der Waals surface area (Å²) in [6, 6.07) is 9.07. The van der Waals surface area contributed by atoms with Crippen LogP contribution in [-0.4, -0.2) is 13.0 Å². The van der Waals surface area contributed by atoms with E-state index in [1.165, 1.54) is 25.3 Å². The summed E-state index contributed by atoms with van der Waals surface area (Å²) in [6.07, 6.45) is 0. The number of nitrogen functional groups attached to an aromatic ring is 1. The van der Waals surface area contributed by atoms with E-state index in [9.17, 15) is 9.18 Å². The predicted molar refractivity (Wildman–Crippen MR) is 75.6 cm³/mol. The Morgan fingerprint density at radius 2 is 2.00 bits per heavy atom. The third-order valence-electron chi connectivity index (χ3n) is 2.77. The molecule has 5 nitrogen and oxygen atoms in total. The van der Waals surface area contributed by atoms with Crippen molar-refractivity contribution in [2.45, 2.75) is 0 Å². The molecule has 0 unspecified atom stereocenters. The first-order chi connectivity index (χ1) is 9.51. The largest absolute Gasteiger partial charge is 0.494 e. The Morgan fingerprint density at radius 3 is 2.55 bits per heavy atom. The maximum atomic E-state index is 13.6. The summed E-state index contributed by atoms with van der Waals surface area (Å²) in [6.45, 7) is 0. The number of hydrogen-bond donors (Lipinski definition) is 3. The molecule has 0 saturated carbocycles. The fourth-order valence-corrected chi connectivity index (χ4v) is 1.73. The summed E-state index contributed by atoms with van der Waals surface area (Å²) in [7, 11) is 1.39. The normalized spacial score (nSPS) is 10.1. The van der Waals surface area contributed by atoms with Crippen LogP contribution in [0.5, 0.6) is 5.75 Å². The number of hydrogen-bond acceptors (Lipinski definition) is 4. The molecule has 20 heavy (non-hydrogen) atoms. The fourth-order valence-electron chi connectivity index (χ4n) is 1.73. The number of carbonyl (C=O) groups is 1. The van der Waals surface area contributed by atoms with E-state index in [4.69, 9.17) is 16.2 Å². The van der Waals surface area contributed by atoms with Crippen molar-refractivity contribution in [3.63, 3.8) is 0 Å². The quantitative estimate of drug-likeness (QED) is 0.746. The number of halogens is 1. The molecule has 0 atom stereocenters. The van der Waals surface area contributed by atoms with Gasteiger partial charge in [-0.2, -0.15) is 0 Å². The highest BCUT2D eigenvalue weighted by Gasteiger charge is 2.07. The first-order valence-electron chi connectivity index (χ1n) is 5.81. The summed E-state index contributed by atoms with van der Waals surface area (Å²) >= 11 is 0. The van der Waals surface area contributed by atoms with Crippen LogP contribution in [0.25, 0.3) is 0 Å². The Morgan fingerprint density at radius 1 is 1.25 bits per heavy atom. The molecule has 0 bridgehead atoms. The monoisotopic (exact) mass is 275 g/mol. The van der Waals surface area contributed by atoms with Crippen LogP contribution in [0.2, 0.25) is 0 Å². The van der Waals surface area contributed by atoms with Gasteiger partial charge in [0.25, 0.3) is 0 Å². The van der Waals surface area contributed by atoms with E-state index in [0.29, 0.717) is 22.6 Å². The molecule has 0 radical (unpaired) electrons. The summed E-state index contributed by atoms with van der Waals surface area (Å²) < 4.78 is 18.4. The highest BCUT2D eigenvalue weighted by molar-refractivity contribution is 5.95. The third-order valence-corrected chi connectivity index (χ3v) is 2.77. The standard InChI is InChI=1S/C14H14FN3O2/c1-20-13-5-3-9(7-10(13)15)18-12-4-2-8(14(17)19)6-11(12)16/h2-7,18H,16H2,1H3,(H2,17,19). The Bertz CT molecular complexity index is 659. The molecule has 2 rings (SSSR count). The maximum absolute atomic E-state index is 13.6. The highest BCUT2D eigenvalue weighted by atomic mass is 19.1. The number of nitrogens with one attached hydrogen (secondary N) is 1. The number of methoxy groups -OCH3 is 1. The second kappa shape index (κ2) is 5.48. The molecule has 0 saturated heterocycles. The number of benzene rings is 2. The summed E-state index contributed by atoms with van der Waals surface area (Å²) in [5.41, 5.74) is 12.7. The number of amides is 1. The molecule has 2 aromatic rings. The van der Waals surface area contributed by atoms with Crippen molar-refractivity contribution in [2.24, 2.45) is 5.73 Å². The minimum Gasteiger partial charge on any atom is -0.494 e. The van der Waals surface area contributed by atoms with Gasteiger partial charge in [-0.25, -0.2) is 4.39 Å². The molecule has 5 N–H and O–H groups in total. The average Bonchev–Trinajstić information content (AvgIpc) is 2.41. The van der Waals surface area contributed by atoms with Crippen molar-refractivity contribution in [1.82, 2.24) is 0 Å². The van der Waals surface area contributed by atoms with Gasteiger partial charge < -0.3 is 21.5 Å². The number of primary amides is 1. The molecule has 0 aliphatic rings. The van der Waals surface area contributed by atoms with Gasteiger partial charge in [-0.3, -0.25) is 4.79 Å². The summed E-state index contributed by atoms with van der Waals surface area (Å²) in [5, 5.41) is 2.96. The molecule has 104 valence electrons. The molecule has 0 aromatic heterocycles. The van der Waals surface area contributed by atoms with E-state index in [2.05, 4.69) is 5.32 Å². The second-order valence-electron chi connectivity index (χ2n) is 4.14. The molecule has 2 aromatic carbocycles. The van der Waals surface area contributed by atoms with E-state index in [1.54, 1.807) is 18.2 Å². The van der Waals surface area contributed by atoms with Gasteiger partial charge in [0.15, 0.2) is 11.6 Å². The Balaban J connectivity index is 2.26. The topological polar surface area (TPSA) is 90.4 Å². The van der Waals surface area contributed by atoms with E-state index in [1.807, 2.05) is 0 Å². The number of carbonyl (C=O) groups excluding carboxylic acids is 1. The zero-order chi connectivity index (χ0) is 14.7. The van der Waals surface area contributed by atoms with Crippen molar-refractivity contribution in [2.75, 3.05) is 18.2 Å². The van der Waals surface area contributed by atoms with Gasteiger partial charge in [0.1, 0.15) is 0 Å². The van der Waals surface area contributed by atoms with Crippen molar-refractivity contribution in [3.05, 3.63) is 47.8 Å². The number of nitrogens with two attached hydrogens (primary N) is 2. The molecule has 0 aliphatic carbocycles. The number of anilines is 3. The van der Waals surface area contributed by atoms with Crippen LogP contribution in [0.3, 0.4) is 0 Å². The van der Waals surface area contributed by atoms with Crippen molar-refractivity contribution in [3.8, 4) is 5.75 Å². The van der Waals surface area contributed by atoms with Gasteiger partial charge in [0, 0.05) is 17.3 Å². The molecule has 6 heteroatoms. The maximum Gasteiger partial charge on any atom is 0.248 e. The van der Waals surface area contributed by atoms with E-state index < -0.39 is 11.7 Å². The Hall–Kier alpha value is -2.76. The van der Waals surface area contributed by atoms with Crippen LogP contribution < -0.4 is 21.5 Å². The predicted octanol–water partition coefficient (Wildman–Crippen LogP) is 2.26. The van der Waals surface area contributed by atoms with E-state index in [-0.39, 0.29) is 5.75 Å². The van der Waals surface area contributed by atoms with E-state index >= 15 is 0 Å². The van der Waals surface area contributed by atoms with Gasteiger partial charge in [-0.05, 0) is 30.3 Å². The molecule has 0 aliphatic heterocycles. The molecule has 1 amide bonds. The lowest BCUT2D eigenvalue weighted by molar-refractivity contribution is 0.100. The van der Waals surface area contributed by atoms with Crippen molar-refractivity contribution < 1.29 is 13.9 Å². The van der Waals surface area contributed by atoms with E-state index in [0.717, 1.165) is 0 Å². The number of rotatable bonds is 4. The lowest BCUT2D eigenvalue weighted by Gasteiger charge is -2.11. The second-order valence-corrected chi connectivity index (χ2v) is 4.14. The molecule has 0 heterocycles. The SMILES string of the molecule is COc1ccc(Nc2ccc(C(N)=O)cc2N)cc1F. The van der Waals surface area contributed by atoms with Gasteiger partial charge in [0.05, 0.1) is 18.5 Å². The Labute approximate surface area is 115 Å². The van der Waals surface area contributed by atoms with Gasteiger partial charge in [-0.15, -0.1) is 0 Å². The lowest BCUT2D eigenvalue weighted by Crippen LogP contribution is -2.11. The van der Waals surface area contributed by atoms with Crippen LogP contribution in [0, 0.1) is 5.82 Å². The molecule has 0 spiro atoms. The molecular formula is C14H14FN3O2. The minimum absolute atomic E-state index is 0.160. The molecular weight excluding hydrogens is 261 g/mol. The first-order valence-corrected chi connectivity index (χ1v) is 5.81. The van der Waals surface area contributed by atoms with Gasteiger partial charge in [0.2, 0.25) is 5.91 Å². The molecule has 0 fully saturated rings. The fraction of sp³-hybridized carbons (Fsp3) is 0.0714. The zero-order valence-electron chi connectivity index (χ0n) is 10.8. The Kier molecular flexibility index (Phi) is 3.74. The lowest BCUT2D eigenvalue weighted by atomic mass is 10.1. The van der Waals surface area contributed by atoms with Crippen LogP contribution in [0.4, 0.5) is 21.5 Å². The average molecular weight is 275 g/mol. The number of ether oxygens (including phenoxy) is 1. The van der Waals surface area contributed by atoms with Crippen LogP contribution in [0.1, 0.15) is 10.4 Å². The highest BCUT2D eigenvalue weighted by Crippen LogP contribution is 2.27. The van der Waals surface area contributed by atoms with Crippen LogP contribution in [0.15, 0.2) is 36.4 Å². The summed E-state index contributed by atoms with van der Waals surface area (Å²) in [5.74, 6) is -0.879. The van der Waals surface area contributed by atoms with Crippen LogP contribution in [-0.2, 0) is 0 Å². The zero-order valence-corrected chi connectivity index (χ0v) is 10.8. The van der Waals surface area contributed by atoms with Crippen molar-refractivity contribution in [1.29, 1.82) is 0 Å². The van der Waals surface area contributed by atoms with Gasteiger partial charge >= 0.3 is 0 Å². The smallest absolute Gasteiger partial charge is 0.248 e. The third kappa shape index (κ3) is 2.80. The van der Waals surface area contributed by atoms with Gasteiger partial charge in [-0.1, -0.05) is 0 Å². The minimum atomic E-state index is -0.557.